The maximum atomic E-state index is 8.80. The summed E-state index contributed by atoms with van der Waals surface area (Å²) in [6.07, 6.45) is 6.25. The molecule has 0 aliphatic carbocycles. The van der Waals surface area contributed by atoms with Crippen molar-refractivity contribution in [2.75, 3.05) is 0 Å². The van der Waals surface area contributed by atoms with Crippen LogP contribution < -0.4 is 0 Å². The third kappa shape index (κ3) is 1.75. The molecule has 2 aromatic heterocycles. The zero-order valence-corrected chi connectivity index (χ0v) is 7.86. The fourth-order valence-electron chi connectivity index (χ4n) is 0.908. The third-order valence-electron chi connectivity index (χ3n) is 1.51. The van der Waals surface area contributed by atoms with Gasteiger partial charge in [0.2, 0.25) is 0 Å². The van der Waals surface area contributed by atoms with Crippen LogP contribution in [-0.2, 0) is 0 Å². The second-order valence-electron chi connectivity index (χ2n) is 2.38. The molecule has 2 aromatic rings. The van der Waals surface area contributed by atoms with Crippen LogP contribution in [0.2, 0.25) is 0 Å². The minimum absolute atomic E-state index is 0.509. The molecule has 14 heavy (non-hydrogen) atoms. The molecular weight excluding hydrogens is 198 g/mol. The summed E-state index contributed by atoms with van der Waals surface area (Å²) >= 11 is 1.28. The predicted molar refractivity (Wildman–Crippen MR) is 49.6 cm³/mol. The summed E-state index contributed by atoms with van der Waals surface area (Å²) < 4.78 is 5.05. The van der Waals surface area contributed by atoms with Crippen LogP contribution in [-0.4, -0.2) is 9.97 Å². The van der Waals surface area contributed by atoms with Crippen LogP contribution in [0.1, 0.15) is 5.56 Å². The quantitative estimate of drug-likeness (QED) is 0.747. The lowest BCUT2D eigenvalue weighted by Gasteiger charge is -1.97. The Bertz CT molecular complexity index is 461. The SMILES string of the molecule is N#Cc1ccncc1Sc1ncco1. The largest absolute Gasteiger partial charge is 0.440 e. The van der Waals surface area contributed by atoms with E-state index >= 15 is 0 Å². The third-order valence-corrected chi connectivity index (χ3v) is 2.43. The van der Waals surface area contributed by atoms with Crippen molar-refractivity contribution in [1.82, 2.24) is 9.97 Å². The summed E-state index contributed by atoms with van der Waals surface area (Å²) in [5.41, 5.74) is 0.572. The second kappa shape index (κ2) is 3.94. The molecule has 0 radical (unpaired) electrons. The number of oxazole rings is 1. The Kier molecular flexibility index (Phi) is 2.47. The highest BCUT2D eigenvalue weighted by Crippen LogP contribution is 2.27. The summed E-state index contributed by atoms with van der Waals surface area (Å²) in [4.78, 5) is 8.63. The van der Waals surface area contributed by atoms with Gasteiger partial charge in [-0.2, -0.15) is 5.26 Å². The van der Waals surface area contributed by atoms with Gasteiger partial charge in [0.1, 0.15) is 12.3 Å². The lowest BCUT2D eigenvalue weighted by atomic mass is 10.3. The molecule has 0 bridgehead atoms. The standard InChI is InChI=1S/C9H5N3OS/c10-5-7-1-2-11-6-8(7)14-9-12-3-4-13-9/h1-4,6H. The van der Waals surface area contributed by atoms with E-state index < -0.39 is 0 Å². The lowest BCUT2D eigenvalue weighted by Crippen LogP contribution is -1.82. The van der Waals surface area contributed by atoms with E-state index in [-0.39, 0.29) is 0 Å². The van der Waals surface area contributed by atoms with Gasteiger partial charge in [-0.3, -0.25) is 4.98 Å². The predicted octanol–water partition coefficient (Wildman–Crippen LogP) is 2.09. The average Bonchev–Trinajstić information content (AvgIpc) is 2.71. The van der Waals surface area contributed by atoms with Crippen molar-refractivity contribution >= 4 is 11.8 Å². The van der Waals surface area contributed by atoms with Crippen molar-refractivity contribution in [2.24, 2.45) is 0 Å². The molecule has 0 aliphatic heterocycles. The molecular formula is C9H5N3OS. The molecule has 0 aromatic carbocycles. The van der Waals surface area contributed by atoms with Gasteiger partial charge >= 0.3 is 0 Å². The fraction of sp³-hybridized carbons (Fsp3) is 0. The molecule has 0 aliphatic rings. The van der Waals surface area contributed by atoms with Crippen molar-refractivity contribution in [3.8, 4) is 6.07 Å². The molecule has 0 saturated heterocycles. The number of pyridine rings is 1. The first-order valence-electron chi connectivity index (χ1n) is 3.81. The van der Waals surface area contributed by atoms with E-state index in [9.17, 15) is 0 Å². The molecule has 4 nitrogen and oxygen atoms in total. The Hall–Kier alpha value is -1.80. The minimum Gasteiger partial charge on any atom is -0.440 e. The van der Waals surface area contributed by atoms with Crippen LogP contribution in [0.3, 0.4) is 0 Å². The molecule has 0 N–H and O–H groups in total. The van der Waals surface area contributed by atoms with Gasteiger partial charge in [-0.1, -0.05) is 0 Å². The maximum absolute atomic E-state index is 8.80. The molecule has 0 unspecified atom stereocenters. The lowest BCUT2D eigenvalue weighted by molar-refractivity contribution is 0.454. The summed E-state index contributed by atoms with van der Waals surface area (Å²) in [6, 6.07) is 3.74. The topological polar surface area (TPSA) is 62.7 Å². The number of hydrogen-bond donors (Lipinski definition) is 0. The maximum Gasteiger partial charge on any atom is 0.260 e. The summed E-state index contributed by atoms with van der Waals surface area (Å²) in [5, 5.41) is 9.31. The molecule has 5 heteroatoms. The van der Waals surface area contributed by atoms with Gasteiger partial charge in [0.25, 0.3) is 5.22 Å². The summed E-state index contributed by atoms with van der Waals surface area (Å²) in [7, 11) is 0. The van der Waals surface area contributed by atoms with Crippen LogP contribution in [0.5, 0.6) is 0 Å². The Labute approximate surface area is 84.6 Å². The zero-order chi connectivity index (χ0) is 9.80. The van der Waals surface area contributed by atoms with Gasteiger partial charge < -0.3 is 4.42 Å². The second-order valence-corrected chi connectivity index (χ2v) is 3.38. The van der Waals surface area contributed by atoms with Gasteiger partial charge in [0.15, 0.2) is 0 Å². The van der Waals surface area contributed by atoms with Gasteiger partial charge in [-0.25, -0.2) is 4.98 Å². The Morgan fingerprint density at radius 2 is 2.36 bits per heavy atom. The van der Waals surface area contributed by atoms with Crippen LogP contribution in [0.4, 0.5) is 0 Å². The molecule has 68 valence electrons. The van der Waals surface area contributed by atoms with Crippen molar-refractivity contribution in [2.45, 2.75) is 10.1 Å². The van der Waals surface area contributed by atoms with Gasteiger partial charge in [0.05, 0.1) is 16.7 Å². The first kappa shape index (κ1) is 8.78. The smallest absolute Gasteiger partial charge is 0.260 e. The molecule has 0 spiro atoms. The van der Waals surface area contributed by atoms with Crippen molar-refractivity contribution in [3.05, 3.63) is 36.5 Å². The average molecular weight is 203 g/mol. The minimum atomic E-state index is 0.509. The Morgan fingerprint density at radius 3 is 3.07 bits per heavy atom. The Morgan fingerprint density at radius 1 is 1.43 bits per heavy atom. The normalized spacial score (nSPS) is 9.64. The van der Waals surface area contributed by atoms with Crippen LogP contribution in [0.15, 0.2) is 45.5 Å². The van der Waals surface area contributed by atoms with Crippen LogP contribution in [0, 0.1) is 11.3 Å². The summed E-state index contributed by atoms with van der Waals surface area (Å²) in [5.74, 6) is 0. The highest BCUT2D eigenvalue weighted by atomic mass is 32.2. The summed E-state index contributed by atoms with van der Waals surface area (Å²) in [6.45, 7) is 0. The molecule has 0 fully saturated rings. The monoisotopic (exact) mass is 203 g/mol. The van der Waals surface area contributed by atoms with E-state index in [1.54, 1.807) is 24.7 Å². The highest BCUT2D eigenvalue weighted by Gasteiger charge is 2.06. The fourth-order valence-corrected chi connectivity index (χ4v) is 1.65. The van der Waals surface area contributed by atoms with Gasteiger partial charge in [-0.15, -0.1) is 0 Å². The molecule has 2 rings (SSSR count). The number of hydrogen-bond acceptors (Lipinski definition) is 5. The van der Waals surface area contributed by atoms with Crippen molar-refractivity contribution in [1.29, 1.82) is 5.26 Å². The van der Waals surface area contributed by atoms with E-state index in [0.29, 0.717) is 10.8 Å². The molecule has 2 heterocycles. The molecule has 0 amide bonds. The first-order valence-corrected chi connectivity index (χ1v) is 4.63. The number of nitrogens with zero attached hydrogens (tertiary/aromatic N) is 3. The molecule has 0 atom stereocenters. The number of rotatable bonds is 2. The van der Waals surface area contributed by atoms with E-state index in [1.165, 1.54) is 18.0 Å². The highest BCUT2D eigenvalue weighted by molar-refractivity contribution is 7.99. The van der Waals surface area contributed by atoms with Crippen LogP contribution in [0.25, 0.3) is 0 Å². The van der Waals surface area contributed by atoms with E-state index in [2.05, 4.69) is 16.0 Å². The van der Waals surface area contributed by atoms with Gasteiger partial charge in [-0.05, 0) is 17.8 Å². The van der Waals surface area contributed by atoms with E-state index in [4.69, 9.17) is 9.68 Å². The van der Waals surface area contributed by atoms with E-state index in [0.717, 1.165) is 4.90 Å². The van der Waals surface area contributed by atoms with Crippen LogP contribution >= 0.6 is 11.8 Å². The first-order chi connectivity index (χ1) is 6.90. The number of aromatic nitrogens is 2. The van der Waals surface area contributed by atoms with Gasteiger partial charge in [0, 0.05) is 12.4 Å². The Balaban J connectivity index is 2.30. The molecule has 0 saturated carbocycles. The van der Waals surface area contributed by atoms with Crippen molar-refractivity contribution in [3.63, 3.8) is 0 Å². The number of nitriles is 1. The van der Waals surface area contributed by atoms with Crippen molar-refractivity contribution < 1.29 is 4.42 Å². The zero-order valence-electron chi connectivity index (χ0n) is 7.04. The van der Waals surface area contributed by atoms with E-state index in [1.807, 2.05) is 0 Å².